The largest absolute Gasteiger partial charge is 0.360 e. The predicted octanol–water partition coefficient (Wildman–Crippen LogP) is 2.85. The summed E-state index contributed by atoms with van der Waals surface area (Å²) >= 11 is 3.01. The number of amides is 1. The van der Waals surface area contributed by atoms with E-state index in [1.165, 1.54) is 42.4 Å². The minimum absolute atomic E-state index is 0.233. The van der Waals surface area contributed by atoms with Gasteiger partial charge in [-0.25, -0.2) is 0 Å². The van der Waals surface area contributed by atoms with Crippen LogP contribution < -0.4 is 5.32 Å². The van der Waals surface area contributed by atoms with Crippen molar-refractivity contribution in [2.24, 2.45) is 0 Å². The zero-order valence-electron chi connectivity index (χ0n) is 11.9. The van der Waals surface area contributed by atoms with Gasteiger partial charge in [0.15, 0.2) is 4.34 Å². The van der Waals surface area contributed by atoms with Crippen molar-refractivity contribution in [3.8, 4) is 0 Å². The zero-order chi connectivity index (χ0) is 14.2. The highest BCUT2D eigenvalue weighted by atomic mass is 32.2. The standard InChI is InChI=1S/C13H22N4OS2/c1-2-14-12-15-16-13(20-12)19-10-11(18)17-8-6-4-3-5-7-9-17/h2-10H2,1H3,(H,14,15). The number of aromatic nitrogens is 2. The average molecular weight is 314 g/mol. The first-order chi connectivity index (χ1) is 9.79. The molecule has 0 radical (unpaired) electrons. The first kappa shape index (κ1) is 15.6. The van der Waals surface area contributed by atoms with Crippen molar-refractivity contribution >= 4 is 34.1 Å². The number of hydrogen-bond acceptors (Lipinski definition) is 6. The van der Waals surface area contributed by atoms with Crippen LogP contribution in [0.1, 0.15) is 39.0 Å². The second kappa shape index (κ2) is 8.46. The number of carbonyl (C=O) groups excluding carboxylic acids is 1. The normalized spacial score (nSPS) is 16.6. The molecule has 0 aliphatic carbocycles. The Balaban J connectivity index is 1.77. The fourth-order valence-electron chi connectivity index (χ4n) is 2.20. The van der Waals surface area contributed by atoms with E-state index in [9.17, 15) is 4.79 Å². The molecule has 1 aliphatic rings. The van der Waals surface area contributed by atoms with Crippen LogP contribution in [-0.2, 0) is 4.79 Å². The van der Waals surface area contributed by atoms with Crippen LogP contribution in [0.4, 0.5) is 5.13 Å². The van der Waals surface area contributed by atoms with Gasteiger partial charge in [-0.05, 0) is 19.8 Å². The van der Waals surface area contributed by atoms with Crippen molar-refractivity contribution in [1.82, 2.24) is 15.1 Å². The van der Waals surface area contributed by atoms with Gasteiger partial charge in [-0.3, -0.25) is 4.79 Å². The van der Waals surface area contributed by atoms with Crippen LogP contribution in [0.3, 0.4) is 0 Å². The van der Waals surface area contributed by atoms with Gasteiger partial charge in [0.1, 0.15) is 0 Å². The Labute approximate surface area is 128 Å². The maximum Gasteiger partial charge on any atom is 0.233 e. The number of hydrogen-bond donors (Lipinski definition) is 1. The molecule has 0 aromatic carbocycles. The smallest absolute Gasteiger partial charge is 0.233 e. The minimum atomic E-state index is 0.233. The van der Waals surface area contributed by atoms with Gasteiger partial charge in [-0.15, -0.1) is 10.2 Å². The van der Waals surface area contributed by atoms with Gasteiger partial charge < -0.3 is 10.2 Å². The quantitative estimate of drug-likeness (QED) is 0.847. The van der Waals surface area contributed by atoms with Crippen molar-refractivity contribution in [3.05, 3.63) is 0 Å². The zero-order valence-corrected chi connectivity index (χ0v) is 13.6. The lowest BCUT2D eigenvalue weighted by Gasteiger charge is -2.24. The van der Waals surface area contributed by atoms with Crippen LogP contribution in [0.2, 0.25) is 0 Å². The summed E-state index contributed by atoms with van der Waals surface area (Å²) < 4.78 is 0.862. The van der Waals surface area contributed by atoms with Gasteiger partial charge in [0, 0.05) is 19.6 Å². The molecule has 1 amide bonds. The van der Waals surface area contributed by atoms with E-state index in [1.807, 2.05) is 11.8 Å². The Bertz CT molecular complexity index is 416. The van der Waals surface area contributed by atoms with Crippen molar-refractivity contribution in [1.29, 1.82) is 0 Å². The number of nitrogens with zero attached hydrogens (tertiary/aromatic N) is 3. The Morgan fingerprint density at radius 3 is 2.65 bits per heavy atom. The monoisotopic (exact) mass is 314 g/mol. The maximum atomic E-state index is 12.2. The van der Waals surface area contributed by atoms with E-state index in [0.717, 1.165) is 41.9 Å². The van der Waals surface area contributed by atoms with Gasteiger partial charge in [0.25, 0.3) is 0 Å². The van der Waals surface area contributed by atoms with E-state index in [4.69, 9.17) is 0 Å². The predicted molar refractivity (Wildman–Crippen MR) is 84.5 cm³/mol. The summed E-state index contributed by atoms with van der Waals surface area (Å²) in [6.45, 7) is 4.70. The fourth-order valence-corrected chi connectivity index (χ4v) is 3.92. The van der Waals surface area contributed by atoms with E-state index in [-0.39, 0.29) is 5.91 Å². The number of rotatable bonds is 5. The Morgan fingerprint density at radius 2 is 1.95 bits per heavy atom. The summed E-state index contributed by atoms with van der Waals surface area (Å²) in [4.78, 5) is 14.2. The SMILES string of the molecule is CCNc1nnc(SCC(=O)N2CCCCCCC2)s1. The molecule has 0 atom stereocenters. The Kier molecular flexibility index (Phi) is 6.59. The average Bonchev–Trinajstić information content (AvgIpc) is 2.84. The molecule has 112 valence electrons. The van der Waals surface area contributed by atoms with Crippen LogP contribution in [0.5, 0.6) is 0 Å². The van der Waals surface area contributed by atoms with E-state index in [1.54, 1.807) is 0 Å². The third-order valence-electron chi connectivity index (χ3n) is 3.26. The second-order valence-electron chi connectivity index (χ2n) is 4.84. The summed E-state index contributed by atoms with van der Waals surface area (Å²) in [6.07, 6.45) is 6.09. The molecule has 7 heteroatoms. The first-order valence-corrected chi connectivity index (χ1v) is 9.07. The molecule has 0 spiro atoms. The highest BCUT2D eigenvalue weighted by Crippen LogP contribution is 2.25. The third kappa shape index (κ3) is 4.94. The number of nitrogens with one attached hydrogen (secondary N) is 1. The lowest BCUT2D eigenvalue weighted by molar-refractivity contribution is -0.128. The summed E-state index contributed by atoms with van der Waals surface area (Å²) in [6, 6.07) is 0. The molecule has 0 bridgehead atoms. The molecular formula is C13H22N4OS2. The number of anilines is 1. The van der Waals surface area contributed by atoms with Gasteiger partial charge in [-0.2, -0.15) is 0 Å². The van der Waals surface area contributed by atoms with Gasteiger partial charge >= 0.3 is 0 Å². The van der Waals surface area contributed by atoms with Crippen LogP contribution >= 0.6 is 23.1 Å². The topological polar surface area (TPSA) is 58.1 Å². The third-order valence-corrected chi connectivity index (χ3v) is 5.26. The summed E-state index contributed by atoms with van der Waals surface area (Å²) in [7, 11) is 0. The van der Waals surface area contributed by atoms with Crippen LogP contribution in [0.25, 0.3) is 0 Å². The van der Waals surface area contributed by atoms with E-state index >= 15 is 0 Å². The summed E-state index contributed by atoms with van der Waals surface area (Å²) in [5.74, 6) is 0.706. The Hall–Kier alpha value is -0.820. The van der Waals surface area contributed by atoms with Crippen LogP contribution in [-0.4, -0.2) is 46.4 Å². The molecule has 2 heterocycles. The lowest BCUT2D eigenvalue weighted by Crippen LogP contribution is -2.35. The molecule has 1 aliphatic heterocycles. The molecule has 5 nitrogen and oxygen atoms in total. The molecule has 1 fully saturated rings. The molecule has 0 saturated carbocycles. The van der Waals surface area contributed by atoms with E-state index in [0.29, 0.717) is 5.75 Å². The number of thioether (sulfide) groups is 1. The Morgan fingerprint density at radius 1 is 1.25 bits per heavy atom. The van der Waals surface area contributed by atoms with Crippen LogP contribution in [0, 0.1) is 0 Å². The molecular weight excluding hydrogens is 292 g/mol. The summed E-state index contributed by atoms with van der Waals surface area (Å²) in [5, 5.41) is 12.1. The number of likely N-dealkylation sites (tertiary alicyclic amines) is 1. The lowest BCUT2D eigenvalue weighted by atomic mass is 10.1. The fraction of sp³-hybridized carbons (Fsp3) is 0.769. The van der Waals surface area contributed by atoms with Crippen molar-refractivity contribution < 1.29 is 4.79 Å². The molecule has 2 rings (SSSR count). The van der Waals surface area contributed by atoms with E-state index < -0.39 is 0 Å². The molecule has 1 saturated heterocycles. The van der Waals surface area contributed by atoms with Gasteiger partial charge in [-0.1, -0.05) is 42.4 Å². The molecule has 20 heavy (non-hydrogen) atoms. The highest BCUT2D eigenvalue weighted by Gasteiger charge is 2.16. The van der Waals surface area contributed by atoms with Crippen LogP contribution in [0.15, 0.2) is 4.34 Å². The van der Waals surface area contributed by atoms with Gasteiger partial charge in [0.05, 0.1) is 5.75 Å². The molecule has 0 unspecified atom stereocenters. The molecule has 1 aromatic heterocycles. The van der Waals surface area contributed by atoms with Crippen molar-refractivity contribution in [2.75, 3.05) is 30.7 Å². The number of carbonyl (C=O) groups is 1. The highest BCUT2D eigenvalue weighted by molar-refractivity contribution is 8.01. The first-order valence-electron chi connectivity index (χ1n) is 7.27. The van der Waals surface area contributed by atoms with Crippen molar-refractivity contribution in [2.45, 2.75) is 43.4 Å². The second-order valence-corrected chi connectivity index (χ2v) is 7.04. The van der Waals surface area contributed by atoms with Crippen molar-refractivity contribution in [3.63, 3.8) is 0 Å². The van der Waals surface area contributed by atoms with Gasteiger partial charge in [0.2, 0.25) is 11.0 Å². The minimum Gasteiger partial charge on any atom is -0.360 e. The van der Waals surface area contributed by atoms with E-state index in [2.05, 4.69) is 15.5 Å². The summed E-state index contributed by atoms with van der Waals surface area (Å²) in [5.41, 5.74) is 0. The maximum absolute atomic E-state index is 12.2. The molecule has 1 N–H and O–H groups in total. The molecule has 1 aromatic rings.